The summed E-state index contributed by atoms with van der Waals surface area (Å²) in [5.74, 6) is 0.260. The van der Waals surface area contributed by atoms with Crippen LogP contribution in [0.2, 0.25) is 0 Å². The molecule has 0 aliphatic rings. The lowest BCUT2D eigenvalue weighted by atomic mass is 10.0. The van der Waals surface area contributed by atoms with Gasteiger partial charge in [0.2, 0.25) is 0 Å². The predicted molar refractivity (Wildman–Crippen MR) is 99.7 cm³/mol. The van der Waals surface area contributed by atoms with Gasteiger partial charge >= 0.3 is 6.03 Å². The molecule has 1 aromatic carbocycles. The van der Waals surface area contributed by atoms with Crippen LogP contribution in [0.1, 0.15) is 37.2 Å². The van der Waals surface area contributed by atoms with Gasteiger partial charge in [-0.2, -0.15) is 5.10 Å². The first-order valence-corrected chi connectivity index (χ1v) is 8.67. The number of nitrogens with one attached hydrogen (secondary N) is 2. The number of hydrogen-bond acceptors (Lipinski definition) is 3. The number of amides is 2. The van der Waals surface area contributed by atoms with E-state index < -0.39 is 0 Å². The van der Waals surface area contributed by atoms with Gasteiger partial charge in [0.1, 0.15) is 0 Å². The van der Waals surface area contributed by atoms with Gasteiger partial charge in [-0.3, -0.25) is 4.68 Å². The summed E-state index contributed by atoms with van der Waals surface area (Å²) in [6.07, 6.45) is 0.545. The average Bonchev–Trinajstić information content (AvgIpc) is 2.84. The lowest BCUT2D eigenvalue weighted by Crippen LogP contribution is -2.41. The van der Waals surface area contributed by atoms with Crippen LogP contribution in [0, 0.1) is 19.8 Å². The van der Waals surface area contributed by atoms with Gasteiger partial charge in [-0.1, -0.05) is 26.0 Å². The van der Waals surface area contributed by atoms with Crippen molar-refractivity contribution < 1.29 is 9.90 Å². The summed E-state index contributed by atoms with van der Waals surface area (Å²) in [5.41, 5.74) is 3.91. The summed E-state index contributed by atoms with van der Waals surface area (Å²) in [7, 11) is 0. The quantitative estimate of drug-likeness (QED) is 0.722. The highest BCUT2D eigenvalue weighted by Gasteiger charge is 2.15. The number of hydrogen-bond donors (Lipinski definition) is 3. The first kappa shape index (κ1) is 19.0. The van der Waals surface area contributed by atoms with E-state index >= 15 is 0 Å². The van der Waals surface area contributed by atoms with Gasteiger partial charge in [0.05, 0.1) is 12.2 Å². The Labute approximate surface area is 149 Å². The van der Waals surface area contributed by atoms with E-state index in [1.807, 2.05) is 62.7 Å². The van der Waals surface area contributed by atoms with Crippen LogP contribution in [-0.4, -0.2) is 33.6 Å². The number of carbonyl (C=O) groups excluding carboxylic acids is 1. The van der Waals surface area contributed by atoms with E-state index in [1.165, 1.54) is 0 Å². The van der Waals surface area contributed by atoms with E-state index in [-0.39, 0.29) is 24.6 Å². The average molecular weight is 344 g/mol. The van der Waals surface area contributed by atoms with Crippen molar-refractivity contribution in [1.82, 2.24) is 15.1 Å². The molecule has 25 heavy (non-hydrogen) atoms. The topological polar surface area (TPSA) is 79.2 Å². The minimum atomic E-state index is -0.254. The fraction of sp³-hybridized carbons (Fsp3) is 0.474. The molecule has 1 unspecified atom stereocenters. The Morgan fingerprint density at radius 1 is 1.28 bits per heavy atom. The third-order valence-electron chi connectivity index (χ3n) is 4.18. The summed E-state index contributed by atoms with van der Waals surface area (Å²) in [6.45, 7) is 8.77. The zero-order valence-electron chi connectivity index (χ0n) is 15.4. The Hall–Kier alpha value is -2.34. The summed E-state index contributed by atoms with van der Waals surface area (Å²) >= 11 is 0. The second-order valence-corrected chi connectivity index (χ2v) is 6.75. The maximum Gasteiger partial charge on any atom is 0.319 e. The smallest absolute Gasteiger partial charge is 0.319 e. The molecule has 1 heterocycles. The molecule has 0 aliphatic heterocycles. The van der Waals surface area contributed by atoms with Gasteiger partial charge in [-0.25, -0.2) is 4.79 Å². The molecule has 6 heteroatoms. The summed E-state index contributed by atoms with van der Waals surface area (Å²) in [6, 6.07) is 9.49. The Morgan fingerprint density at radius 3 is 2.64 bits per heavy atom. The number of aliphatic hydroxyl groups is 1. The number of urea groups is 1. The van der Waals surface area contributed by atoms with Crippen LogP contribution >= 0.6 is 0 Å². The summed E-state index contributed by atoms with van der Waals surface area (Å²) in [5, 5.41) is 19.4. The van der Waals surface area contributed by atoms with Gasteiger partial charge in [-0.15, -0.1) is 0 Å². The van der Waals surface area contributed by atoms with Crippen LogP contribution in [0.5, 0.6) is 0 Å². The molecule has 136 valence electrons. The monoisotopic (exact) mass is 344 g/mol. The fourth-order valence-electron chi connectivity index (χ4n) is 2.80. The minimum Gasteiger partial charge on any atom is -0.396 e. The largest absolute Gasteiger partial charge is 0.396 e. The minimum absolute atomic E-state index is 0.0529. The van der Waals surface area contributed by atoms with E-state index in [1.54, 1.807) is 0 Å². The molecule has 3 N–H and O–H groups in total. The highest BCUT2D eigenvalue weighted by atomic mass is 16.3. The molecule has 0 fully saturated rings. The molecule has 6 nitrogen and oxygen atoms in total. The van der Waals surface area contributed by atoms with Crippen molar-refractivity contribution in [2.24, 2.45) is 5.92 Å². The molecular weight excluding hydrogens is 316 g/mol. The molecule has 2 aromatic rings. The number of aryl methyl sites for hydroxylation is 2. The maximum atomic E-state index is 12.2. The SMILES string of the molecule is Cc1cc(C)n(Cc2cccc(NC(=O)NC(CCO)C(C)C)c2)n1. The number of benzene rings is 1. The number of rotatable bonds is 7. The predicted octanol–water partition coefficient (Wildman–Crippen LogP) is 3.08. The Balaban J connectivity index is 2.01. The van der Waals surface area contributed by atoms with Crippen molar-refractivity contribution in [3.63, 3.8) is 0 Å². The van der Waals surface area contributed by atoms with Crippen molar-refractivity contribution >= 4 is 11.7 Å². The molecule has 0 radical (unpaired) electrons. The van der Waals surface area contributed by atoms with E-state index in [4.69, 9.17) is 5.11 Å². The van der Waals surface area contributed by atoms with Crippen LogP contribution in [0.15, 0.2) is 30.3 Å². The third-order valence-corrected chi connectivity index (χ3v) is 4.18. The Morgan fingerprint density at radius 2 is 2.04 bits per heavy atom. The van der Waals surface area contributed by atoms with Crippen LogP contribution in [-0.2, 0) is 6.54 Å². The highest BCUT2D eigenvalue weighted by molar-refractivity contribution is 5.89. The molecule has 0 spiro atoms. The van der Waals surface area contributed by atoms with Crippen LogP contribution in [0.4, 0.5) is 10.5 Å². The van der Waals surface area contributed by atoms with E-state index in [9.17, 15) is 4.79 Å². The van der Waals surface area contributed by atoms with Crippen molar-refractivity contribution in [2.45, 2.75) is 46.7 Å². The standard InChI is InChI=1S/C19H28N4O2/c1-13(2)18(8-9-24)21-19(25)20-17-7-5-6-16(11-17)12-23-15(4)10-14(3)22-23/h5-7,10-11,13,18,24H,8-9,12H2,1-4H3,(H2,20,21,25). The molecule has 2 rings (SSSR count). The van der Waals surface area contributed by atoms with Crippen molar-refractivity contribution in [1.29, 1.82) is 0 Å². The van der Waals surface area contributed by atoms with Crippen molar-refractivity contribution in [3.8, 4) is 0 Å². The maximum absolute atomic E-state index is 12.2. The normalized spacial score (nSPS) is 12.2. The zero-order valence-corrected chi connectivity index (χ0v) is 15.4. The summed E-state index contributed by atoms with van der Waals surface area (Å²) in [4.78, 5) is 12.2. The van der Waals surface area contributed by atoms with E-state index in [0.29, 0.717) is 13.0 Å². The zero-order chi connectivity index (χ0) is 18.4. The Bertz CT molecular complexity index is 709. The lowest BCUT2D eigenvalue weighted by molar-refractivity contribution is 0.227. The number of carbonyl (C=O) groups is 1. The van der Waals surface area contributed by atoms with Crippen LogP contribution in [0.25, 0.3) is 0 Å². The van der Waals surface area contributed by atoms with Crippen LogP contribution < -0.4 is 10.6 Å². The van der Waals surface area contributed by atoms with Gasteiger partial charge in [0.25, 0.3) is 0 Å². The fourth-order valence-corrected chi connectivity index (χ4v) is 2.80. The summed E-state index contributed by atoms with van der Waals surface area (Å²) < 4.78 is 1.95. The van der Waals surface area contributed by atoms with Gasteiger partial charge in [0.15, 0.2) is 0 Å². The first-order chi connectivity index (χ1) is 11.9. The van der Waals surface area contributed by atoms with Crippen molar-refractivity contribution in [2.75, 3.05) is 11.9 Å². The lowest BCUT2D eigenvalue weighted by Gasteiger charge is -2.21. The van der Waals surface area contributed by atoms with Crippen LogP contribution in [0.3, 0.4) is 0 Å². The second-order valence-electron chi connectivity index (χ2n) is 6.75. The molecule has 2 amide bonds. The Kier molecular flexibility index (Phi) is 6.58. The van der Waals surface area contributed by atoms with E-state index in [0.717, 1.165) is 22.6 Å². The van der Waals surface area contributed by atoms with E-state index in [2.05, 4.69) is 15.7 Å². The molecule has 0 bridgehead atoms. The highest BCUT2D eigenvalue weighted by Crippen LogP contribution is 2.14. The number of aliphatic hydroxyl groups excluding tert-OH is 1. The van der Waals surface area contributed by atoms with Crippen molar-refractivity contribution in [3.05, 3.63) is 47.3 Å². The molecule has 1 aromatic heterocycles. The van der Waals surface area contributed by atoms with Gasteiger partial charge in [0, 0.05) is 24.0 Å². The molecule has 0 saturated heterocycles. The van der Waals surface area contributed by atoms with Gasteiger partial charge in [-0.05, 0) is 49.9 Å². The number of anilines is 1. The van der Waals surface area contributed by atoms with Gasteiger partial charge < -0.3 is 15.7 Å². The molecule has 0 aliphatic carbocycles. The second kappa shape index (κ2) is 8.67. The molecule has 0 saturated carbocycles. The number of nitrogens with zero attached hydrogens (tertiary/aromatic N) is 2. The number of aromatic nitrogens is 2. The molecule has 1 atom stereocenters. The first-order valence-electron chi connectivity index (χ1n) is 8.67. The third kappa shape index (κ3) is 5.60. The molecular formula is C19H28N4O2.